The van der Waals surface area contributed by atoms with Gasteiger partial charge in [-0.3, -0.25) is 10.1 Å². The fraction of sp³-hybridized carbons (Fsp3) is 0.417. The van der Waals surface area contributed by atoms with Crippen molar-refractivity contribution < 1.29 is 14.8 Å². The summed E-state index contributed by atoms with van der Waals surface area (Å²) < 4.78 is 0. The molecule has 0 aliphatic heterocycles. The van der Waals surface area contributed by atoms with Crippen molar-refractivity contribution in [3.8, 4) is 0 Å². The molecular formula is C12H16N2O4. The average molecular weight is 252 g/mol. The summed E-state index contributed by atoms with van der Waals surface area (Å²) in [5.74, 6) is -1.17. The molecule has 0 fully saturated rings. The van der Waals surface area contributed by atoms with Crippen molar-refractivity contribution in [2.75, 3.05) is 11.9 Å². The first-order valence-electron chi connectivity index (χ1n) is 5.82. The molecule has 0 amide bonds. The summed E-state index contributed by atoms with van der Waals surface area (Å²) in [6.45, 7) is 2.74. The van der Waals surface area contributed by atoms with Crippen molar-refractivity contribution in [3.05, 3.63) is 33.9 Å². The van der Waals surface area contributed by atoms with E-state index >= 15 is 0 Å². The summed E-state index contributed by atoms with van der Waals surface area (Å²) in [6.07, 6.45) is 3.07. The van der Waals surface area contributed by atoms with Crippen LogP contribution in [0.25, 0.3) is 0 Å². The van der Waals surface area contributed by atoms with E-state index in [9.17, 15) is 14.9 Å². The highest BCUT2D eigenvalue weighted by Crippen LogP contribution is 2.22. The van der Waals surface area contributed by atoms with E-state index in [4.69, 9.17) is 5.11 Å². The first-order chi connectivity index (χ1) is 8.56. The number of carbonyl (C=O) groups is 1. The monoisotopic (exact) mass is 252 g/mol. The topological polar surface area (TPSA) is 92.5 Å². The Morgan fingerprint density at radius 3 is 2.72 bits per heavy atom. The normalized spacial score (nSPS) is 10.1. The number of non-ortho nitro benzene ring substituents is 1. The number of nitrogens with one attached hydrogen (secondary N) is 1. The summed E-state index contributed by atoms with van der Waals surface area (Å²) in [5, 5.41) is 22.6. The Morgan fingerprint density at radius 2 is 2.17 bits per heavy atom. The third-order valence-corrected chi connectivity index (χ3v) is 2.54. The first kappa shape index (κ1) is 14.0. The van der Waals surface area contributed by atoms with Crippen LogP contribution in [0, 0.1) is 10.1 Å². The predicted octanol–water partition coefficient (Wildman–Crippen LogP) is 2.90. The van der Waals surface area contributed by atoms with E-state index in [1.54, 1.807) is 0 Å². The molecule has 1 aromatic rings. The van der Waals surface area contributed by atoms with Gasteiger partial charge in [0.05, 0.1) is 10.5 Å². The van der Waals surface area contributed by atoms with E-state index in [0.29, 0.717) is 12.2 Å². The summed E-state index contributed by atoms with van der Waals surface area (Å²) in [5.41, 5.74) is 0.136. The van der Waals surface area contributed by atoms with E-state index in [1.165, 1.54) is 12.1 Å². The van der Waals surface area contributed by atoms with Gasteiger partial charge in [-0.15, -0.1) is 0 Å². The molecule has 1 rings (SSSR count). The maximum absolute atomic E-state index is 11.0. The molecule has 0 saturated heterocycles. The van der Waals surface area contributed by atoms with Crippen LogP contribution in [0.2, 0.25) is 0 Å². The molecule has 2 N–H and O–H groups in total. The molecule has 0 aliphatic carbocycles. The van der Waals surface area contributed by atoms with Crippen LogP contribution >= 0.6 is 0 Å². The van der Waals surface area contributed by atoms with Gasteiger partial charge in [0.2, 0.25) is 0 Å². The Kier molecular flexibility index (Phi) is 5.10. The van der Waals surface area contributed by atoms with Gasteiger partial charge in [0.25, 0.3) is 5.69 Å². The molecule has 6 nitrogen and oxygen atoms in total. The lowest BCUT2D eigenvalue weighted by Crippen LogP contribution is -2.08. The summed E-state index contributed by atoms with van der Waals surface area (Å²) in [7, 11) is 0. The number of aromatic carboxylic acids is 1. The Balaban J connectivity index is 2.83. The molecule has 0 atom stereocenters. The van der Waals surface area contributed by atoms with E-state index < -0.39 is 10.9 Å². The zero-order valence-corrected chi connectivity index (χ0v) is 10.2. The molecule has 0 aromatic heterocycles. The Labute approximate surface area is 105 Å². The van der Waals surface area contributed by atoms with Gasteiger partial charge in [-0.2, -0.15) is 0 Å². The van der Waals surface area contributed by atoms with Gasteiger partial charge in [-0.25, -0.2) is 4.79 Å². The molecule has 0 bridgehead atoms. The molecular weight excluding hydrogens is 236 g/mol. The minimum atomic E-state index is -1.17. The molecule has 98 valence electrons. The molecule has 1 aromatic carbocycles. The fourth-order valence-electron chi connectivity index (χ4n) is 1.57. The molecule has 18 heavy (non-hydrogen) atoms. The van der Waals surface area contributed by atoms with Crippen molar-refractivity contribution in [2.24, 2.45) is 0 Å². The van der Waals surface area contributed by atoms with Crippen molar-refractivity contribution in [3.63, 3.8) is 0 Å². The minimum Gasteiger partial charge on any atom is -0.478 e. The lowest BCUT2D eigenvalue weighted by atomic mass is 10.1. The molecule has 0 spiro atoms. The zero-order valence-electron chi connectivity index (χ0n) is 10.2. The van der Waals surface area contributed by atoms with Gasteiger partial charge in [0.15, 0.2) is 0 Å². The fourth-order valence-corrected chi connectivity index (χ4v) is 1.57. The molecule has 0 radical (unpaired) electrons. The number of nitrogens with zero attached hydrogens (tertiary/aromatic N) is 1. The molecule has 0 unspecified atom stereocenters. The number of nitro groups is 1. The first-order valence-corrected chi connectivity index (χ1v) is 5.82. The number of anilines is 1. The Morgan fingerprint density at radius 1 is 1.44 bits per heavy atom. The Bertz CT molecular complexity index is 446. The van der Waals surface area contributed by atoms with Crippen LogP contribution in [0.15, 0.2) is 18.2 Å². The number of carboxylic acids is 1. The third-order valence-electron chi connectivity index (χ3n) is 2.54. The third kappa shape index (κ3) is 3.73. The highest BCUT2D eigenvalue weighted by molar-refractivity contribution is 5.95. The van der Waals surface area contributed by atoms with Gasteiger partial charge in [-0.05, 0) is 12.5 Å². The molecule has 0 saturated carbocycles. The number of benzene rings is 1. The van der Waals surface area contributed by atoms with Gasteiger partial charge < -0.3 is 10.4 Å². The number of hydrogen-bond donors (Lipinski definition) is 2. The lowest BCUT2D eigenvalue weighted by Gasteiger charge is -2.08. The van der Waals surface area contributed by atoms with Crippen LogP contribution in [0.3, 0.4) is 0 Å². The minimum absolute atomic E-state index is 0.0688. The number of hydrogen-bond acceptors (Lipinski definition) is 4. The zero-order chi connectivity index (χ0) is 13.5. The van der Waals surface area contributed by atoms with Gasteiger partial charge in [0, 0.05) is 24.4 Å². The van der Waals surface area contributed by atoms with E-state index in [1.807, 2.05) is 0 Å². The van der Waals surface area contributed by atoms with Gasteiger partial charge in [-0.1, -0.05) is 19.8 Å². The van der Waals surface area contributed by atoms with Crippen LogP contribution in [-0.4, -0.2) is 22.5 Å². The largest absolute Gasteiger partial charge is 0.478 e. The maximum Gasteiger partial charge on any atom is 0.338 e. The van der Waals surface area contributed by atoms with Gasteiger partial charge >= 0.3 is 5.97 Å². The second-order valence-electron chi connectivity index (χ2n) is 3.93. The quantitative estimate of drug-likeness (QED) is 0.442. The van der Waals surface area contributed by atoms with Crippen LogP contribution < -0.4 is 5.32 Å². The summed E-state index contributed by atoms with van der Waals surface area (Å²) in [6, 6.07) is 3.81. The second kappa shape index (κ2) is 6.58. The van der Waals surface area contributed by atoms with Crippen molar-refractivity contribution >= 4 is 17.3 Å². The maximum atomic E-state index is 11.0. The van der Waals surface area contributed by atoms with Crippen molar-refractivity contribution in [2.45, 2.75) is 26.2 Å². The molecule has 0 heterocycles. The standard InChI is InChI=1S/C12H16N2O4/c1-2-3-4-7-13-11-6-5-9(14(17)18)8-10(11)12(15)16/h5-6,8,13H,2-4,7H2,1H3,(H,15,16). The number of carboxylic acid groups (broad SMARTS) is 1. The smallest absolute Gasteiger partial charge is 0.338 e. The Hall–Kier alpha value is -2.11. The van der Waals surface area contributed by atoms with Crippen LogP contribution in [-0.2, 0) is 0 Å². The number of unbranched alkanes of at least 4 members (excludes halogenated alkanes) is 2. The van der Waals surface area contributed by atoms with Crippen LogP contribution in [0.1, 0.15) is 36.5 Å². The predicted molar refractivity (Wildman–Crippen MR) is 68.1 cm³/mol. The lowest BCUT2D eigenvalue weighted by molar-refractivity contribution is -0.384. The summed E-state index contributed by atoms with van der Waals surface area (Å²) >= 11 is 0. The number of rotatable bonds is 7. The SMILES string of the molecule is CCCCCNc1ccc([N+](=O)[O-])cc1C(=O)O. The van der Waals surface area contributed by atoms with E-state index in [-0.39, 0.29) is 11.3 Å². The van der Waals surface area contributed by atoms with Crippen molar-refractivity contribution in [1.82, 2.24) is 0 Å². The van der Waals surface area contributed by atoms with Crippen molar-refractivity contribution in [1.29, 1.82) is 0 Å². The number of nitro benzene ring substituents is 1. The van der Waals surface area contributed by atoms with Crippen LogP contribution in [0.5, 0.6) is 0 Å². The van der Waals surface area contributed by atoms with E-state index in [2.05, 4.69) is 12.2 Å². The molecule has 0 aliphatic rings. The average Bonchev–Trinajstić information content (AvgIpc) is 2.34. The highest BCUT2D eigenvalue weighted by atomic mass is 16.6. The van der Waals surface area contributed by atoms with Crippen LogP contribution in [0.4, 0.5) is 11.4 Å². The van der Waals surface area contributed by atoms with Gasteiger partial charge in [0.1, 0.15) is 0 Å². The summed E-state index contributed by atoms with van der Waals surface area (Å²) in [4.78, 5) is 21.0. The second-order valence-corrected chi connectivity index (χ2v) is 3.93. The highest BCUT2D eigenvalue weighted by Gasteiger charge is 2.15. The van der Waals surface area contributed by atoms with E-state index in [0.717, 1.165) is 25.3 Å². The molecule has 6 heteroatoms.